The smallest absolute Gasteiger partial charge is 0.408 e. The number of alkyl carbamates (subject to hydrolysis) is 1. The molecule has 5 rings (SSSR count). The zero-order chi connectivity index (χ0) is 33.0. The number of fused-ring (bicyclic) bond motifs is 2. The minimum Gasteiger partial charge on any atom is -0.444 e. The number of carbonyl (C=O) groups excluding carboxylic acids is 3. The van der Waals surface area contributed by atoms with Gasteiger partial charge in [0.2, 0.25) is 11.8 Å². The van der Waals surface area contributed by atoms with Gasteiger partial charge in [-0.25, -0.2) is 4.79 Å². The van der Waals surface area contributed by atoms with E-state index >= 15 is 0 Å². The number of ether oxygens (including phenoxy) is 1. The standard InChI is InChI=1S/C38H46N4O4/c1-36(2,3)46-35(45)41-37(4,34(39)44)31(19-10-8-16-27-14-6-5-7-15-27)33(43)42-24-21-38(22-25-42)26-29(32-20-12-13-23-40-32)28-17-9-11-18-30(28)38/h5-7,9,11-15,17-18,20,23,26,31H,8,10,16,19,21-22,24-25H2,1-4H3,(H2,39,44)(H,41,45)/t31?,37-/m1/s1. The fourth-order valence-electron chi connectivity index (χ4n) is 6.90. The van der Waals surface area contributed by atoms with E-state index < -0.39 is 29.1 Å². The van der Waals surface area contributed by atoms with Crippen molar-refractivity contribution in [1.82, 2.24) is 15.2 Å². The van der Waals surface area contributed by atoms with E-state index in [-0.39, 0.29) is 11.3 Å². The van der Waals surface area contributed by atoms with Crippen molar-refractivity contribution < 1.29 is 19.1 Å². The normalized spacial score (nSPS) is 17.4. The van der Waals surface area contributed by atoms with Crippen LogP contribution in [-0.2, 0) is 26.2 Å². The average molecular weight is 623 g/mol. The van der Waals surface area contributed by atoms with Crippen LogP contribution in [0.1, 0.15) is 82.2 Å². The third-order valence-electron chi connectivity index (χ3n) is 9.40. The van der Waals surface area contributed by atoms with Gasteiger partial charge in [0.1, 0.15) is 11.1 Å². The maximum Gasteiger partial charge on any atom is 0.408 e. The molecular weight excluding hydrogens is 576 g/mol. The van der Waals surface area contributed by atoms with Crippen molar-refractivity contribution in [2.24, 2.45) is 11.7 Å². The van der Waals surface area contributed by atoms with Gasteiger partial charge < -0.3 is 20.7 Å². The predicted molar refractivity (Wildman–Crippen MR) is 180 cm³/mol. The number of hydrogen-bond acceptors (Lipinski definition) is 5. The number of rotatable bonds is 10. The molecule has 1 aromatic heterocycles. The number of pyridine rings is 1. The first-order chi connectivity index (χ1) is 21.9. The lowest BCUT2D eigenvalue weighted by molar-refractivity contribution is -0.144. The summed E-state index contributed by atoms with van der Waals surface area (Å²) >= 11 is 0. The third-order valence-corrected chi connectivity index (χ3v) is 9.40. The Morgan fingerprint density at radius 2 is 1.61 bits per heavy atom. The summed E-state index contributed by atoms with van der Waals surface area (Å²) in [7, 11) is 0. The fraction of sp³-hybridized carbons (Fsp3) is 0.421. The van der Waals surface area contributed by atoms with Gasteiger partial charge in [-0.3, -0.25) is 14.6 Å². The first-order valence-electron chi connectivity index (χ1n) is 16.3. The number of piperidine rings is 1. The van der Waals surface area contributed by atoms with Gasteiger partial charge in [0.05, 0.1) is 11.6 Å². The van der Waals surface area contributed by atoms with Gasteiger partial charge in [0, 0.05) is 30.3 Å². The Kier molecular flexibility index (Phi) is 9.66. The van der Waals surface area contributed by atoms with Crippen LogP contribution in [0.15, 0.2) is 85.1 Å². The van der Waals surface area contributed by atoms with Crippen LogP contribution in [0.2, 0.25) is 0 Å². The highest BCUT2D eigenvalue weighted by molar-refractivity contribution is 5.95. The summed E-state index contributed by atoms with van der Waals surface area (Å²) in [5.74, 6) is -1.79. The lowest BCUT2D eigenvalue weighted by Crippen LogP contribution is -2.64. The molecule has 3 N–H and O–H groups in total. The van der Waals surface area contributed by atoms with Crippen molar-refractivity contribution in [2.45, 2.75) is 82.8 Å². The number of amides is 3. The molecule has 1 aliphatic heterocycles. The van der Waals surface area contributed by atoms with Crippen molar-refractivity contribution >= 4 is 23.5 Å². The molecule has 0 saturated carbocycles. The molecule has 3 amide bonds. The van der Waals surface area contributed by atoms with Crippen molar-refractivity contribution in [3.63, 3.8) is 0 Å². The van der Waals surface area contributed by atoms with Crippen LogP contribution in [0, 0.1) is 5.92 Å². The number of nitrogens with one attached hydrogen (secondary N) is 1. The van der Waals surface area contributed by atoms with Crippen molar-refractivity contribution in [1.29, 1.82) is 0 Å². The van der Waals surface area contributed by atoms with E-state index in [1.165, 1.54) is 16.7 Å². The number of aromatic nitrogens is 1. The maximum atomic E-state index is 14.4. The van der Waals surface area contributed by atoms with E-state index in [2.05, 4.69) is 52.8 Å². The second-order valence-corrected chi connectivity index (χ2v) is 13.8. The highest BCUT2D eigenvalue weighted by atomic mass is 16.6. The number of likely N-dealkylation sites (tertiary alicyclic amines) is 1. The van der Waals surface area contributed by atoms with E-state index in [1.807, 2.05) is 47.5 Å². The zero-order valence-electron chi connectivity index (χ0n) is 27.4. The minimum absolute atomic E-state index is 0.174. The number of unbranched alkanes of at least 4 members (excludes halogenated alkanes) is 1. The topological polar surface area (TPSA) is 115 Å². The summed E-state index contributed by atoms with van der Waals surface area (Å²) < 4.78 is 5.49. The first kappa shape index (κ1) is 32.9. The lowest BCUT2D eigenvalue weighted by atomic mass is 9.73. The Morgan fingerprint density at radius 3 is 2.26 bits per heavy atom. The summed E-state index contributed by atoms with van der Waals surface area (Å²) in [6.45, 7) is 7.83. The fourth-order valence-corrected chi connectivity index (χ4v) is 6.90. The summed E-state index contributed by atoms with van der Waals surface area (Å²) in [4.78, 5) is 46.9. The molecule has 0 bridgehead atoms. The van der Waals surface area contributed by atoms with Crippen LogP contribution in [0.25, 0.3) is 5.57 Å². The molecule has 3 aromatic rings. The van der Waals surface area contributed by atoms with Crippen LogP contribution in [0.5, 0.6) is 0 Å². The Morgan fingerprint density at radius 1 is 0.935 bits per heavy atom. The number of primary amides is 1. The van der Waals surface area contributed by atoms with Gasteiger partial charge in [-0.05, 0) is 88.6 Å². The molecule has 2 aliphatic rings. The van der Waals surface area contributed by atoms with Crippen LogP contribution in [-0.4, -0.2) is 52.0 Å². The molecule has 242 valence electrons. The SMILES string of the molecule is CC(C)(C)OC(=O)N[C@@](C)(C(N)=O)C(CCCCc1ccccc1)C(=O)N1CCC2(C=C(c3ccccn3)c3ccccc32)CC1. The lowest BCUT2D eigenvalue weighted by Gasteiger charge is -2.43. The van der Waals surface area contributed by atoms with Crippen LogP contribution in [0.3, 0.4) is 0 Å². The van der Waals surface area contributed by atoms with Crippen LogP contribution in [0.4, 0.5) is 4.79 Å². The number of nitrogens with two attached hydrogens (primary N) is 1. The summed E-state index contributed by atoms with van der Waals surface area (Å²) in [6, 6.07) is 24.6. The van der Waals surface area contributed by atoms with Gasteiger partial charge >= 0.3 is 6.09 Å². The molecule has 2 aromatic carbocycles. The Balaban J connectivity index is 1.37. The molecule has 8 heteroatoms. The van der Waals surface area contributed by atoms with E-state index in [4.69, 9.17) is 10.5 Å². The maximum absolute atomic E-state index is 14.4. The number of aryl methyl sites for hydroxylation is 1. The van der Waals surface area contributed by atoms with Gasteiger partial charge in [-0.2, -0.15) is 0 Å². The van der Waals surface area contributed by atoms with E-state index in [0.29, 0.717) is 25.9 Å². The van der Waals surface area contributed by atoms with Crippen molar-refractivity contribution in [2.75, 3.05) is 13.1 Å². The highest BCUT2D eigenvalue weighted by Crippen LogP contribution is 2.48. The number of benzene rings is 2. The monoisotopic (exact) mass is 622 g/mol. The second kappa shape index (κ2) is 13.5. The molecule has 1 spiro atoms. The third kappa shape index (κ3) is 7.16. The molecule has 8 nitrogen and oxygen atoms in total. The molecule has 1 unspecified atom stereocenters. The Labute approximate surface area is 272 Å². The number of carbonyl (C=O) groups is 3. The summed E-state index contributed by atoms with van der Waals surface area (Å²) in [6.07, 6.45) is 7.61. The van der Waals surface area contributed by atoms with Crippen LogP contribution >= 0.6 is 0 Å². The number of hydrogen-bond donors (Lipinski definition) is 2. The molecular formula is C38H46N4O4. The Hall–Kier alpha value is -4.46. The van der Waals surface area contributed by atoms with Gasteiger partial charge in [0.15, 0.2) is 0 Å². The zero-order valence-corrected chi connectivity index (χ0v) is 27.4. The molecule has 46 heavy (non-hydrogen) atoms. The van der Waals surface area contributed by atoms with Gasteiger partial charge in [0.25, 0.3) is 0 Å². The quantitative estimate of drug-likeness (QED) is 0.262. The highest BCUT2D eigenvalue weighted by Gasteiger charge is 2.49. The molecule has 2 heterocycles. The largest absolute Gasteiger partial charge is 0.444 e. The van der Waals surface area contributed by atoms with Gasteiger partial charge in [-0.1, -0.05) is 73.2 Å². The Bertz CT molecular complexity index is 1570. The van der Waals surface area contributed by atoms with Crippen LogP contribution < -0.4 is 11.1 Å². The first-order valence-corrected chi connectivity index (χ1v) is 16.3. The summed E-state index contributed by atoms with van der Waals surface area (Å²) in [5.41, 5.74) is 9.05. The molecule has 2 atom stereocenters. The number of allylic oxidation sites excluding steroid dienone is 1. The molecule has 1 saturated heterocycles. The predicted octanol–water partition coefficient (Wildman–Crippen LogP) is 6.19. The average Bonchev–Trinajstić information content (AvgIpc) is 3.34. The second-order valence-electron chi connectivity index (χ2n) is 13.8. The molecule has 1 aliphatic carbocycles. The minimum atomic E-state index is -1.63. The van der Waals surface area contributed by atoms with E-state index in [1.54, 1.807) is 27.7 Å². The molecule has 1 fully saturated rings. The van der Waals surface area contributed by atoms with Crippen molar-refractivity contribution in [3.05, 3.63) is 107 Å². The van der Waals surface area contributed by atoms with E-state index in [0.717, 1.165) is 37.0 Å². The summed E-state index contributed by atoms with van der Waals surface area (Å²) in [5, 5.41) is 2.71. The van der Waals surface area contributed by atoms with Gasteiger partial charge in [-0.15, -0.1) is 0 Å². The molecule has 0 radical (unpaired) electrons. The number of nitrogens with zero attached hydrogens (tertiary/aromatic N) is 2. The van der Waals surface area contributed by atoms with E-state index in [9.17, 15) is 14.4 Å². The van der Waals surface area contributed by atoms with Crippen molar-refractivity contribution in [3.8, 4) is 0 Å².